The average molecular weight is 780 g/mol. The average Bonchev–Trinajstić information content (AvgIpc) is 3.68. The van der Waals surface area contributed by atoms with Crippen molar-refractivity contribution < 1.29 is 0 Å². The molecule has 11 aromatic rings. The van der Waals surface area contributed by atoms with Crippen LogP contribution in [0, 0.1) is 0 Å². The van der Waals surface area contributed by atoms with Gasteiger partial charge in [-0.15, -0.1) is 0 Å². The van der Waals surface area contributed by atoms with Crippen LogP contribution in [0.2, 0.25) is 0 Å². The van der Waals surface area contributed by atoms with Crippen LogP contribution in [-0.4, -0.2) is 24.5 Å². The van der Waals surface area contributed by atoms with Crippen molar-refractivity contribution in [1.29, 1.82) is 0 Å². The molecule has 0 N–H and O–H groups in total. The Morgan fingerprint density at radius 2 is 0.705 bits per heavy atom. The third kappa shape index (κ3) is 6.84. The molecule has 61 heavy (non-hydrogen) atoms. The molecule has 5 nitrogen and oxygen atoms in total. The van der Waals surface area contributed by atoms with Crippen LogP contribution in [-0.2, 0) is 0 Å². The molecule has 3 aromatic heterocycles. The van der Waals surface area contributed by atoms with E-state index in [4.69, 9.17) is 19.9 Å². The molecule has 0 saturated carbocycles. The number of para-hydroxylation sites is 2. The summed E-state index contributed by atoms with van der Waals surface area (Å²) in [5, 5.41) is 2.37. The number of benzene rings is 8. The Morgan fingerprint density at radius 1 is 0.262 bits per heavy atom. The molecule has 0 atom stereocenters. The van der Waals surface area contributed by atoms with E-state index in [1.807, 2.05) is 72.8 Å². The molecular weight excluding hydrogens is 743 g/mol. The van der Waals surface area contributed by atoms with Gasteiger partial charge in [0.15, 0.2) is 11.6 Å². The van der Waals surface area contributed by atoms with Crippen LogP contribution in [0.1, 0.15) is 0 Å². The minimum atomic E-state index is 0.634. The highest BCUT2D eigenvalue weighted by atomic mass is 15.0. The summed E-state index contributed by atoms with van der Waals surface area (Å²) >= 11 is 0. The predicted molar refractivity (Wildman–Crippen MR) is 250 cm³/mol. The molecule has 5 heteroatoms. The lowest BCUT2D eigenvalue weighted by Gasteiger charge is -2.16. The third-order valence-corrected chi connectivity index (χ3v) is 11.2. The first-order valence-electron chi connectivity index (χ1n) is 20.5. The summed E-state index contributed by atoms with van der Waals surface area (Å²) in [6.07, 6.45) is 0. The van der Waals surface area contributed by atoms with Gasteiger partial charge in [0.1, 0.15) is 0 Å². The van der Waals surface area contributed by atoms with E-state index in [9.17, 15) is 0 Å². The van der Waals surface area contributed by atoms with E-state index in [-0.39, 0.29) is 0 Å². The van der Waals surface area contributed by atoms with Crippen LogP contribution in [0.25, 0.3) is 106 Å². The van der Waals surface area contributed by atoms with E-state index < -0.39 is 0 Å². The van der Waals surface area contributed by atoms with Crippen molar-refractivity contribution in [2.45, 2.75) is 0 Å². The summed E-state index contributed by atoms with van der Waals surface area (Å²) in [6.45, 7) is 0. The standard InChI is InChI=1S/C56H37N5/c1-6-18-38(19-7-1)49-36-50(39-20-8-2-9-21-39)59-56(58-49)43-30-32-45(42-31-33-54-48(34-42)46-28-16-17-29-53(46)61(54)44-26-14-5-15-27-44)47(35-43)52-37-51(40-22-10-3-11-23-40)57-55(60-52)41-24-12-4-13-25-41/h1-37H. The van der Waals surface area contributed by atoms with Crippen LogP contribution >= 0.6 is 0 Å². The lowest BCUT2D eigenvalue weighted by atomic mass is 9.93. The second-order valence-corrected chi connectivity index (χ2v) is 15.1. The van der Waals surface area contributed by atoms with E-state index in [1.165, 1.54) is 10.8 Å². The monoisotopic (exact) mass is 779 g/mol. The Labute approximate surface area is 354 Å². The van der Waals surface area contributed by atoms with E-state index >= 15 is 0 Å². The molecule has 0 aliphatic heterocycles. The Morgan fingerprint density at radius 3 is 1.30 bits per heavy atom. The van der Waals surface area contributed by atoms with E-state index in [2.05, 4.69) is 156 Å². The van der Waals surface area contributed by atoms with Crippen molar-refractivity contribution in [3.05, 3.63) is 224 Å². The van der Waals surface area contributed by atoms with Crippen molar-refractivity contribution in [1.82, 2.24) is 24.5 Å². The maximum atomic E-state index is 5.35. The van der Waals surface area contributed by atoms with Crippen LogP contribution in [0.5, 0.6) is 0 Å². The maximum absolute atomic E-state index is 5.35. The Kier molecular flexibility index (Phi) is 9.10. The van der Waals surface area contributed by atoms with E-state index in [0.717, 1.165) is 84.0 Å². The van der Waals surface area contributed by atoms with Gasteiger partial charge in [0.2, 0.25) is 0 Å². The largest absolute Gasteiger partial charge is 0.309 e. The minimum absolute atomic E-state index is 0.634. The highest BCUT2D eigenvalue weighted by Crippen LogP contribution is 2.41. The van der Waals surface area contributed by atoms with Gasteiger partial charge in [-0.1, -0.05) is 176 Å². The molecule has 0 radical (unpaired) electrons. The maximum Gasteiger partial charge on any atom is 0.160 e. The molecule has 8 aromatic carbocycles. The van der Waals surface area contributed by atoms with Gasteiger partial charge in [-0.25, -0.2) is 19.9 Å². The SMILES string of the molecule is c1ccc(-c2cc(-c3ccccc3)nc(-c3ccc(-c4ccc5c(c4)c4ccccc4n5-c4ccccc4)c(-c4cc(-c5ccccc5)nc(-c5ccccc5)n4)c3)n2)cc1. The van der Waals surface area contributed by atoms with Gasteiger partial charge in [-0.05, 0) is 59.7 Å². The smallest absolute Gasteiger partial charge is 0.160 e. The third-order valence-electron chi connectivity index (χ3n) is 11.2. The first-order valence-corrected chi connectivity index (χ1v) is 20.5. The van der Waals surface area contributed by atoms with E-state index in [1.54, 1.807) is 0 Å². The lowest BCUT2D eigenvalue weighted by Crippen LogP contribution is -1.99. The van der Waals surface area contributed by atoms with Gasteiger partial charge in [-0.3, -0.25) is 0 Å². The first kappa shape index (κ1) is 35.8. The fourth-order valence-corrected chi connectivity index (χ4v) is 8.29. The molecule has 0 amide bonds. The van der Waals surface area contributed by atoms with Crippen molar-refractivity contribution in [2.75, 3.05) is 0 Å². The zero-order valence-corrected chi connectivity index (χ0v) is 33.1. The van der Waals surface area contributed by atoms with Crippen LogP contribution in [0.4, 0.5) is 0 Å². The molecule has 11 rings (SSSR count). The van der Waals surface area contributed by atoms with Gasteiger partial charge >= 0.3 is 0 Å². The number of aromatic nitrogens is 5. The van der Waals surface area contributed by atoms with Crippen molar-refractivity contribution in [3.63, 3.8) is 0 Å². The molecule has 0 aliphatic carbocycles. The van der Waals surface area contributed by atoms with Crippen LogP contribution in [0.15, 0.2) is 224 Å². The molecule has 286 valence electrons. The highest BCUT2D eigenvalue weighted by molar-refractivity contribution is 6.11. The molecule has 0 saturated heterocycles. The summed E-state index contributed by atoms with van der Waals surface area (Å²) < 4.78 is 2.35. The number of fused-ring (bicyclic) bond motifs is 3. The van der Waals surface area contributed by atoms with Crippen molar-refractivity contribution >= 4 is 21.8 Å². The van der Waals surface area contributed by atoms with Crippen molar-refractivity contribution in [3.8, 4) is 84.6 Å². The molecule has 3 heterocycles. The Bertz CT molecular complexity index is 3210. The zero-order valence-electron chi connectivity index (χ0n) is 33.1. The zero-order chi connectivity index (χ0) is 40.5. The molecule has 0 aliphatic rings. The van der Waals surface area contributed by atoms with Gasteiger partial charge in [0, 0.05) is 49.8 Å². The molecule has 0 bridgehead atoms. The summed E-state index contributed by atoms with van der Waals surface area (Å²) in [4.78, 5) is 20.9. The molecule has 0 unspecified atom stereocenters. The molecule has 0 spiro atoms. The lowest BCUT2D eigenvalue weighted by molar-refractivity contribution is 1.17. The van der Waals surface area contributed by atoms with Gasteiger partial charge < -0.3 is 4.57 Å². The van der Waals surface area contributed by atoms with E-state index in [0.29, 0.717) is 11.6 Å². The summed E-state index contributed by atoms with van der Waals surface area (Å²) in [5.74, 6) is 1.29. The summed E-state index contributed by atoms with van der Waals surface area (Å²) in [7, 11) is 0. The highest BCUT2D eigenvalue weighted by Gasteiger charge is 2.20. The quantitative estimate of drug-likeness (QED) is 0.154. The fraction of sp³-hybridized carbons (Fsp3) is 0. The summed E-state index contributed by atoms with van der Waals surface area (Å²) in [5.41, 5.74) is 14.8. The first-order chi connectivity index (χ1) is 30.2. The van der Waals surface area contributed by atoms with Gasteiger partial charge in [0.05, 0.1) is 33.8 Å². The van der Waals surface area contributed by atoms with Gasteiger partial charge in [0.25, 0.3) is 0 Å². The summed E-state index contributed by atoms with van der Waals surface area (Å²) in [6, 6.07) is 77.9. The normalized spacial score (nSPS) is 11.3. The Hall–Kier alpha value is -8.28. The number of hydrogen-bond acceptors (Lipinski definition) is 4. The number of rotatable bonds is 8. The predicted octanol–water partition coefficient (Wildman–Crippen LogP) is 14.0. The number of nitrogens with zero attached hydrogens (tertiary/aromatic N) is 5. The van der Waals surface area contributed by atoms with Crippen LogP contribution < -0.4 is 0 Å². The molecular formula is C56H37N5. The van der Waals surface area contributed by atoms with Crippen molar-refractivity contribution in [2.24, 2.45) is 0 Å². The topological polar surface area (TPSA) is 56.5 Å². The van der Waals surface area contributed by atoms with Gasteiger partial charge in [-0.2, -0.15) is 0 Å². The van der Waals surface area contributed by atoms with Crippen LogP contribution in [0.3, 0.4) is 0 Å². The minimum Gasteiger partial charge on any atom is -0.309 e. The second-order valence-electron chi connectivity index (χ2n) is 15.1. The fourth-order valence-electron chi connectivity index (χ4n) is 8.29. The Balaban J connectivity index is 1.17. The number of hydrogen-bond donors (Lipinski definition) is 0. The molecule has 0 fully saturated rings. The second kappa shape index (κ2) is 15.5.